The van der Waals surface area contributed by atoms with Crippen LogP contribution in [0.5, 0.6) is 5.75 Å². The van der Waals surface area contributed by atoms with E-state index in [2.05, 4.69) is 21.8 Å². The SMILES string of the molecule is C=CC(=O)N1CCN(c2nc(NCC3CCN(C4CC4)CC3)nc3c(F)c(-c4c(O)cccc4F)c(Cl)cc23)CC1. The number of aromatic hydroxyl groups is 1. The van der Waals surface area contributed by atoms with Crippen LogP contribution in [-0.2, 0) is 4.79 Å². The number of nitrogens with one attached hydrogen (secondary N) is 1. The smallest absolute Gasteiger partial charge is 0.246 e. The quantitative estimate of drug-likeness (QED) is 0.377. The maximum Gasteiger partial charge on any atom is 0.246 e. The minimum atomic E-state index is -0.835. The number of likely N-dealkylation sites (tertiary alicyclic amines) is 1. The molecule has 41 heavy (non-hydrogen) atoms. The number of carbonyl (C=O) groups is 1. The summed E-state index contributed by atoms with van der Waals surface area (Å²) in [4.78, 5) is 27.7. The number of nitrogens with zero attached hydrogens (tertiary/aromatic N) is 5. The van der Waals surface area contributed by atoms with E-state index >= 15 is 4.39 Å². The molecule has 1 saturated carbocycles. The molecule has 3 fully saturated rings. The molecule has 3 aromatic rings. The molecule has 6 rings (SSSR count). The highest BCUT2D eigenvalue weighted by Crippen LogP contribution is 2.42. The van der Waals surface area contributed by atoms with Crippen molar-refractivity contribution in [2.24, 2.45) is 5.92 Å². The molecule has 0 atom stereocenters. The third-order valence-corrected chi connectivity index (χ3v) is 8.73. The van der Waals surface area contributed by atoms with Crippen molar-refractivity contribution in [2.75, 3.05) is 56.0 Å². The number of amides is 1. The number of fused-ring (bicyclic) bond motifs is 1. The lowest BCUT2D eigenvalue weighted by Crippen LogP contribution is -2.48. The number of benzene rings is 2. The Balaban J connectivity index is 1.35. The zero-order valence-corrected chi connectivity index (χ0v) is 23.5. The van der Waals surface area contributed by atoms with Gasteiger partial charge in [0.05, 0.1) is 10.6 Å². The summed E-state index contributed by atoms with van der Waals surface area (Å²) < 4.78 is 31.1. The van der Waals surface area contributed by atoms with E-state index in [1.807, 2.05) is 4.90 Å². The van der Waals surface area contributed by atoms with E-state index in [1.54, 1.807) is 4.90 Å². The number of anilines is 2. The van der Waals surface area contributed by atoms with E-state index in [0.717, 1.165) is 38.0 Å². The van der Waals surface area contributed by atoms with Crippen molar-refractivity contribution in [3.63, 3.8) is 0 Å². The summed E-state index contributed by atoms with van der Waals surface area (Å²) in [6.45, 7) is 8.24. The number of aromatic nitrogens is 2. The number of halogens is 3. The average molecular weight is 583 g/mol. The van der Waals surface area contributed by atoms with Gasteiger partial charge in [-0.25, -0.2) is 13.8 Å². The summed E-state index contributed by atoms with van der Waals surface area (Å²) >= 11 is 6.55. The van der Waals surface area contributed by atoms with Crippen LogP contribution in [0.3, 0.4) is 0 Å². The van der Waals surface area contributed by atoms with Crippen LogP contribution in [-0.4, -0.2) is 82.6 Å². The molecular weight excluding hydrogens is 550 g/mol. The van der Waals surface area contributed by atoms with Gasteiger partial charge in [-0.05, 0) is 69.0 Å². The van der Waals surface area contributed by atoms with E-state index < -0.39 is 17.4 Å². The van der Waals surface area contributed by atoms with Gasteiger partial charge in [0.1, 0.15) is 22.9 Å². The average Bonchev–Trinajstić information content (AvgIpc) is 3.83. The molecule has 0 unspecified atom stereocenters. The van der Waals surface area contributed by atoms with Crippen LogP contribution in [0.25, 0.3) is 22.0 Å². The highest BCUT2D eigenvalue weighted by molar-refractivity contribution is 6.34. The second-order valence-corrected chi connectivity index (χ2v) is 11.5. The van der Waals surface area contributed by atoms with Crippen molar-refractivity contribution in [1.82, 2.24) is 19.8 Å². The van der Waals surface area contributed by atoms with Crippen LogP contribution in [0.2, 0.25) is 5.02 Å². The maximum absolute atomic E-state index is 16.3. The summed E-state index contributed by atoms with van der Waals surface area (Å²) in [6, 6.07) is 6.06. The summed E-state index contributed by atoms with van der Waals surface area (Å²) in [5.41, 5.74) is -0.586. The van der Waals surface area contributed by atoms with Crippen LogP contribution >= 0.6 is 11.6 Å². The molecule has 8 nitrogen and oxygen atoms in total. The predicted molar refractivity (Wildman–Crippen MR) is 156 cm³/mol. The van der Waals surface area contributed by atoms with Crippen molar-refractivity contribution in [1.29, 1.82) is 0 Å². The predicted octanol–water partition coefficient (Wildman–Crippen LogP) is 5.05. The molecule has 2 N–H and O–H groups in total. The Labute approximate surface area is 242 Å². The second-order valence-electron chi connectivity index (χ2n) is 11.1. The number of piperidine rings is 1. The standard InChI is InChI=1S/C30H33ClF2N6O2/c1-2-24(41)38-12-14-39(15-13-38)29-20-16-21(31)25(26-22(32)4-3-5-23(26)40)27(33)28(20)35-30(36-29)34-17-18-8-10-37(11-9-18)19-6-7-19/h2-5,16,18-19,40H,1,6-15,17H2,(H,34,35,36). The molecule has 1 aliphatic carbocycles. The van der Waals surface area contributed by atoms with Crippen LogP contribution in [0, 0.1) is 17.6 Å². The molecule has 2 aromatic carbocycles. The zero-order valence-electron chi connectivity index (χ0n) is 22.8. The zero-order chi connectivity index (χ0) is 28.7. The molecule has 3 heterocycles. The van der Waals surface area contributed by atoms with Crippen LogP contribution in [0.4, 0.5) is 20.5 Å². The van der Waals surface area contributed by atoms with E-state index in [0.29, 0.717) is 49.8 Å². The Morgan fingerprint density at radius 3 is 2.46 bits per heavy atom. The molecule has 3 aliphatic rings. The molecule has 1 amide bonds. The largest absolute Gasteiger partial charge is 0.507 e. The molecule has 0 spiro atoms. The highest BCUT2D eigenvalue weighted by atomic mass is 35.5. The Morgan fingerprint density at radius 2 is 1.80 bits per heavy atom. The number of carbonyl (C=O) groups excluding carboxylic acids is 1. The summed E-state index contributed by atoms with van der Waals surface area (Å²) in [7, 11) is 0. The van der Waals surface area contributed by atoms with E-state index in [4.69, 9.17) is 16.6 Å². The normalized spacial score (nSPS) is 18.6. The van der Waals surface area contributed by atoms with Gasteiger partial charge in [0.25, 0.3) is 0 Å². The summed E-state index contributed by atoms with van der Waals surface area (Å²) in [6.07, 6.45) is 6.04. The summed E-state index contributed by atoms with van der Waals surface area (Å²) in [5, 5.41) is 14.0. The number of rotatable bonds is 7. The third kappa shape index (κ3) is 5.55. The first-order valence-corrected chi connectivity index (χ1v) is 14.5. The maximum atomic E-state index is 16.3. The van der Waals surface area contributed by atoms with Gasteiger partial charge in [0.15, 0.2) is 5.82 Å². The molecule has 1 aromatic heterocycles. The lowest BCUT2D eigenvalue weighted by Gasteiger charge is -2.35. The second kappa shape index (κ2) is 11.4. The van der Waals surface area contributed by atoms with Crippen LogP contribution in [0.1, 0.15) is 25.7 Å². The molecule has 11 heteroatoms. The number of phenolic OH excluding ortho intramolecular Hbond substituents is 1. The Hall–Kier alpha value is -3.50. The molecule has 0 bridgehead atoms. The van der Waals surface area contributed by atoms with Gasteiger partial charge in [-0.15, -0.1) is 0 Å². The van der Waals surface area contributed by atoms with Gasteiger partial charge in [-0.2, -0.15) is 4.98 Å². The van der Waals surface area contributed by atoms with Crippen LogP contribution < -0.4 is 10.2 Å². The Morgan fingerprint density at radius 1 is 1.07 bits per heavy atom. The van der Waals surface area contributed by atoms with Crippen molar-refractivity contribution in [3.8, 4) is 16.9 Å². The Kier molecular flexibility index (Phi) is 7.70. The fraction of sp³-hybridized carbons (Fsp3) is 0.433. The van der Waals surface area contributed by atoms with Gasteiger partial charge in [-0.1, -0.05) is 24.2 Å². The molecule has 0 radical (unpaired) electrons. The van der Waals surface area contributed by atoms with Crippen LogP contribution in [0.15, 0.2) is 36.9 Å². The fourth-order valence-corrected chi connectivity index (χ4v) is 6.24. The van der Waals surface area contributed by atoms with Crippen molar-refractivity contribution in [2.45, 2.75) is 31.7 Å². The lowest BCUT2D eigenvalue weighted by molar-refractivity contribution is -0.126. The number of phenols is 1. The van der Waals surface area contributed by atoms with Crippen molar-refractivity contribution in [3.05, 3.63) is 53.6 Å². The molecular formula is C30H33ClF2N6O2. The Bertz CT molecular complexity index is 1460. The lowest BCUT2D eigenvalue weighted by atomic mass is 9.97. The molecule has 2 aliphatic heterocycles. The number of hydrogen-bond donors (Lipinski definition) is 2. The first kappa shape index (κ1) is 27.7. The molecule has 216 valence electrons. The van der Waals surface area contributed by atoms with E-state index in [-0.39, 0.29) is 33.5 Å². The van der Waals surface area contributed by atoms with E-state index in [1.165, 1.54) is 37.1 Å². The minimum Gasteiger partial charge on any atom is -0.507 e. The molecule has 2 saturated heterocycles. The monoisotopic (exact) mass is 582 g/mol. The number of hydrogen-bond acceptors (Lipinski definition) is 7. The van der Waals surface area contributed by atoms with Gasteiger partial charge in [-0.3, -0.25) is 4.79 Å². The van der Waals surface area contributed by atoms with E-state index in [9.17, 15) is 14.3 Å². The fourth-order valence-electron chi connectivity index (χ4n) is 5.95. The summed E-state index contributed by atoms with van der Waals surface area (Å²) in [5.74, 6) is -0.990. The van der Waals surface area contributed by atoms with Gasteiger partial charge in [0, 0.05) is 49.7 Å². The van der Waals surface area contributed by atoms with Gasteiger partial charge in [0.2, 0.25) is 11.9 Å². The topological polar surface area (TPSA) is 84.8 Å². The minimum absolute atomic E-state index is 0.0206. The highest BCUT2D eigenvalue weighted by Gasteiger charge is 2.32. The van der Waals surface area contributed by atoms with Crippen molar-refractivity contribution < 1.29 is 18.7 Å². The third-order valence-electron chi connectivity index (χ3n) is 8.43. The van der Waals surface area contributed by atoms with Gasteiger partial charge < -0.3 is 25.1 Å². The van der Waals surface area contributed by atoms with Gasteiger partial charge >= 0.3 is 0 Å². The first-order chi connectivity index (χ1) is 19.8. The van der Waals surface area contributed by atoms with Crippen molar-refractivity contribution >= 4 is 40.2 Å². The first-order valence-electron chi connectivity index (χ1n) is 14.2. The number of piperazine rings is 1.